The highest BCUT2D eigenvalue weighted by Gasteiger charge is 2.19. The Hall–Kier alpha value is -1.94. The van der Waals surface area contributed by atoms with Gasteiger partial charge in [-0.15, -0.1) is 0 Å². The molecular formula is C17H18O3S. The van der Waals surface area contributed by atoms with Gasteiger partial charge in [0.15, 0.2) is 15.6 Å². The third-order valence-corrected chi connectivity index (χ3v) is 5.23. The minimum Gasteiger partial charge on any atom is -0.294 e. The number of aryl methyl sites for hydroxylation is 2. The molecule has 0 N–H and O–H groups in total. The fourth-order valence-electron chi connectivity index (χ4n) is 2.25. The molecule has 0 saturated carbocycles. The van der Waals surface area contributed by atoms with Gasteiger partial charge in [-0.3, -0.25) is 4.79 Å². The molecule has 110 valence electrons. The van der Waals surface area contributed by atoms with Gasteiger partial charge in [0, 0.05) is 12.0 Å². The lowest BCUT2D eigenvalue weighted by molar-refractivity contribution is 0.0989. The van der Waals surface area contributed by atoms with Gasteiger partial charge in [-0.1, -0.05) is 48.0 Å². The summed E-state index contributed by atoms with van der Waals surface area (Å²) in [6.45, 7) is 3.70. The Morgan fingerprint density at radius 1 is 1.00 bits per heavy atom. The zero-order valence-electron chi connectivity index (χ0n) is 12.2. The molecule has 0 aliphatic heterocycles. The number of hydrogen-bond donors (Lipinski definition) is 0. The van der Waals surface area contributed by atoms with Gasteiger partial charge in [0.2, 0.25) is 0 Å². The topological polar surface area (TPSA) is 51.2 Å². The molecule has 2 rings (SSSR count). The highest BCUT2D eigenvalue weighted by Crippen LogP contribution is 2.19. The van der Waals surface area contributed by atoms with Crippen LogP contribution in [0.2, 0.25) is 0 Å². The number of sulfone groups is 1. The first-order valence-corrected chi connectivity index (χ1v) is 8.43. The summed E-state index contributed by atoms with van der Waals surface area (Å²) < 4.78 is 24.7. The Kier molecular flexibility index (Phi) is 4.58. The maximum atomic E-state index is 12.3. The number of benzene rings is 2. The van der Waals surface area contributed by atoms with Gasteiger partial charge in [-0.25, -0.2) is 8.42 Å². The number of carbonyl (C=O) groups excluding carboxylic acids is 1. The molecule has 21 heavy (non-hydrogen) atoms. The van der Waals surface area contributed by atoms with Crippen molar-refractivity contribution in [1.82, 2.24) is 0 Å². The summed E-state index contributed by atoms with van der Waals surface area (Å²) >= 11 is 0. The Balaban J connectivity index is 2.13. The fourth-order valence-corrected chi connectivity index (χ4v) is 3.75. The van der Waals surface area contributed by atoms with Crippen LogP contribution in [-0.4, -0.2) is 20.0 Å². The van der Waals surface area contributed by atoms with Crippen molar-refractivity contribution in [1.29, 1.82) is 0 Å². The van der Waals surface area contributed by atoms with Gasteiger partial charge >= 0.3 is 0 Å². The largest absolute Gasteiger partial charge is 0.294 e. The van der Waals surface area contributed by atoms with Crippen LogP contribution in [0, 0.1) is 13.8 Å². The van der Waals surface area contributed by atoms with Gasteiger partial charge in [-0.05, 0) is 25.5 Å². The number of rotatable bonds is 5. The quantitative estimate of drug-likeness (QED) is 0.796. The van der Waals surface area contributed by atoms with Crippen LogP contribution in [0.3, 0.4) is 0 Å². The Bertz CT molecular complexity index is 747. The van der Waals surface area contributed by atoms with Crippen molar-refractivity contribution in [3.05, 3.63) is 65.2 Å². The van der Waals surface area contributed by atoms with Crippen molar-refractivity contribution in [2.45, 2.75) is 25.2 Å². The van der Waals surface area contributed by atoms with Crippen LogP contribution in [0.5, 0.6) is 0 Å². The minimum absolute atomic E-state index is 0.000334. The van der Waals surface area contributed by atoms with Crippen molar-refractivity contribution in [2.24, 2.45) is 0 Å². The van der Waals surface area contributed by atoms with Gasteiger partial charge in [0.25, 0.3) is 0 Å². The van der Waals surface area contributed by atoms with Crippen LogP contribution < -0.4 is 0 Å². The smallest absolute Gasteiger partial charge is 0.179 e. The van der Waals surface area contributed by atoms with Crippen LogP contribution in [-0.2, 0) is 9.84 Å². The summed E-state index contributed by atoms with van der Waals surface area (Å²) in [7, 11) is -3.43. The summed E-state index contributed by atoms with van der Waals surface area (Å²) in [6.07, 6.45) is -0.000334. The molecular weight excluding hydrogens is 284 g/mol. The zero-order chi connectivity index (χ0) is 15.5. The van der Waals surface area contributed by atoms with E-state index in [1.54, 1.807) is 43.3 Å². The predicted molar refractivity (Wildman–Crippen MR) is 83.4 cm³/mol. The van der Waals surface area contributed by atoms with Crippen molar-refractivity contribution in [2.75, 3.05) is 5.75 Å². The zero-order valence-corrected chi connectivity index (χ0v) is 13.0. The van der Waals surface area contributed by atoms with E-state index in [0.29, 0.717) is 10.5 Å². The molecule has 0 bridgehead atoms. The summed E-state index contributed by atoms with van der Waals surface area (Å²) in [5.74, 6) is -0.311. The minimum atomic E-state index is -3.43. The Morgan fingerprint density at radius 2 is 1.67 bits per heavy atom. The average molecular weight is 302 g/mol. The second kappa shape index (κ2) is 6.22. The lowest BCUT2D eigenvalue weighted by Gasteiger charge is -2.08. The molecule has 0 aliphatic carbocycles. The third-order valence-electron chi connectivity index (χ3n) is 3.36. The van der Waals surface area contributed by atoms with E-state index in [0.717, 1.165) is 11.1 Å². The SMILES string of the molecule is Cc1ccc(S(=O)(=O)CCC(=O)c2ccccc2)c(C)c1. The van der Waals surface area contributed by atoms with Crippen molar-refractivity contribution in [3.8, 4) is 0 Å². The number of Topliss-reactive ketones (excluding diaryl/α,β-unsaturated/α-hetero) is 1. The molecule has 3 nitrogen and oxygen atoms in total. The van der Waals surface area contributed by atoms with Crippen LogP contribution in [0.15, 0.2) is 53.4 Å². The second-order valence-electron chi connectivity index (χ2n) is 5.13. The lowest BCUT2D eigenvalue weighted by atomic mass is 10.1. The number of carbonyl (C=O) groups is 1. The van der Waals surface area contributed by atoms with E-state index in [1.807, 2.05) is 19.1 Å². The Labute approximate surface area is 125 Å². The first kappa shape index (κ1) is 15.4. The Morgan fingerprint density at radius 3 is 2.29 bits per heavy atom. The fraction of sp³-hybridized carbons (Fsp3) is 0.235. The summed E-state index contributed by atoms with van der Waals surface area (Å²) in [5, 5.41) is 0. The van der Waals surface area contributed by atoms with Gasteiger partial charge in [0.1, 0.15) is 0 Å². The average Bonchev–Trinajstić information content (AvgIpc) is 2.45. The number of hydrogen-bond acceptors (Lipinski definition) is 3. The lowest BCUT2D eigenvalue weighted by Crippen LogP contribution is -2.13. The molecule has 0 atom stereocenters. The maximum Gasteiger partial charge on any atom is 0.179 e. The molecule has 0 saturated heterocycles. The maximum absolute atomic E-state index is 12.3. The molecule has 0 spiro atoms. The standard InChI is InChI=1S/C17H18O3S/c1-13-8-9-17(14(2)12-13)21(19,20)11-10-16(18)15-6-4-3-5-7-15/h3-9,12H,10-11H2,1-2H3. The van der Waals surface area contributed by atoms with E-state index in [-0.39, 0.29) is 18.0 Å². The summed E-state index contributed by atoms with van der Waals surface area (Å²) in [6, 6.07) is 14.0. The molecule has 0 aliphatic rings. The molecule has 0 fully saturated rings. The molecule has 4 heteroatoms. The highest BCUT2D eigenvalue weighted by atomic mass is 32.2. The first-order valence-electron chi connectivity index (χ1n) is 6.78. The highest BCUT2D eigenvalue weighted by molar-refractivity contribution is 7.91. The van der Waals surface area contributed by atoms with Crippen LogP contribution >= 0.6 is 0 Å². The molecule has 0 aromatic heterocycles. The molecule has 2 aromatic rings. The van der Waals surface area contributed by atoms with E-state index >= 15 is 0 Å². The van der Waals surface area contributed by atoms with E-state index < -0.39 is 9.84 Å². The summed E-state index contributed by atoms with van der Waals surface area (Å²) in [4.78, 5) is 12.3. The van der Waals surface area contributed by atoms with Crippen LogP contribution in [0.4, 0.5) is 0 Å². The van der Waals surface area contributed by atoms with E-state index in [1.165, 1.54) is 0 Å². The van der Waals surface area contributed by atoms with Crippen molar-refractivity contribution >= 4 is 15.6 Å². The normalized spacial score (nSPS) is 11.3. The number of ketones is 1. The van der Waals surface area contributed by atoms with Gasteiger partial charge in [0.05, 0.1) is 10.6 Å². The van der Waals surface area contributed by atoms with Crippen molar-refractivity contribution in [3.63, 3.8) is 0 Å². The first-order chi connectivity index (χ1) is 9.90. The monoisotopic (exact) mass is 302 g/mol. The second-order valence-corrected chi connectivity index (χ2v) is 7.20. The van der Waals surface area contributed by atoms with Crippen LogP contribution in [0.1, 0.15) is 27.9 Å². The van der Waals surface area contributed by atoms with E-state index in [2.05, 4.69) is 0 Å². The molecule has 2 aromatic carbocycles. The molecule has 0 radical (unpaired) electrons. The third kappa shape index (κ3) is 3.79. The molecule has 0 heterocycles. The van der Waals surface area contributed by atoms with E-state index in [9.17, 15) is 13.2 Å². The molecule has 0 unspecified atom stereocenters. The van der Waals surface area contributed by atoms with Gasteiger partial charge < -0.3 is 0 Å². The van der Waals surface area contributed by atoms with Crippen molar-refractivity contribution < 1.29 is 13.2 Å². The van der Waals surface area contributed by atoms with Crippen LogP contribution in [0.25, 0.3) is 0 Å². The summed E-state index contributed by atoms with van der Waals surface area (Å²) in [5.41, 5.74) is 2.29. The van der Waals surface area contributed by atoms with E-state index in [4.69, 9.17) is 0 Å². The molecule has 0 amide bonds. The predicted octanol–water partition coefficient (Wildman–Crippen LogP) is 3.35. The van der Waals surface area contributed by atoms with Gasteiger partial charge in [-0.2, -0.15) is 0 Å².